The third kappa shape index (κ3) is 2.45. The molecule has 1 heterocycles. The molecule has 15 heavy (non-hydrogen) atoms. The third-order valence-corrected chi connectivity index (χ3v) is 3.69. The second-order valence-electron chi connectivity index (χ2n) is 3.78. The molecule has 1 aromatic carbocycles. The van der Waals surface area contributed by atoms with Crippen molar-refractivity contribution in [2.75, 3.05) is 0 Å². The van der Waals surface area contributed by atoms with E-state index in [0.29, 0.717) is 0 Å². The van der Waals surface area contributed by atoms with Crippen molar-refractivity contribution in [3.63, 3.8) is 0 Å². The van der Waals surface area contributed by atoms with Crippen LogP contribution in [0.4, 0.5) is 0 Å². The zero-order valence-electron chi connectivity index (χ0n) is 9.23. The molecule has 1 nitrogen and oxygen atoms in total. The molecule has 0 spiro atoms. The van der Waals surface area contributed by atoms with Crippen molar-refractivity contribution in [3.05, 3.63) is 52.0 Å². The SMILES string of the molecule is Cc1csc(C)[n+]1CCc1ccccc1. The van der Waals surface area contributed by atoms with Crippen molar-refractivity contribution in [1.82, 2.24) is 0 Å². The normalized spacial score (nSPS) is 10.5. The highest BCUT2D eigenvalue weighted by Crippen LogP contribution is 2.06. The molecule has 0 fully saturated rings. The van der Waals surface area contributed by atoms with Gasteiger partial charge in [0, 0.05) is 20.3 Å². The van der Waals surface area contributed by atoms with E-state index in [1.54, 1.807) is 0 Å². The van der Waals surface area contributed by atoms with E-state index in [1.807, 2.05) is 11.3 Å². The summed E-state index contributed by atoms with van der Waals surface area (Å²) in [6.45, 7) is 5.45. The Hall–Kier alpha value is -1.15. The predicted octanol–water partition coefficient (Wildman–Crippen LogP) is 2.90. The first kappa shape index (κ1) is 10.4. The lowest BCUT2D eigenvalue weighted by Crippen LogP contribution is -2.38. The van der Waals surface area contributed by atoms with E-state index in [2.05, 4.69) is 54.1 Å². The van der Waals surface area contributed by atoms with E-state index in [1.165, 1.54) is 16.3 Å². The molecular formula is C13H16NS+. The van der Waals surface area contributed by atoms with Gasteiger partial charge in [0.1, 0.15) is 0 Å². The topological polar surface area (TPSA) is 3.88 Å². The number of aromatic nitrogens is 1. The molecule has 0 unspecified atom stereocenters. The Balaban J connectivity index is 2.05. The van der Waals surface area contributed by atoms with E-state index in [-0.39, 0.29) is 0 Å². The maximum absolute atomic E-state index is 2.39. The lowest BCUT2D eigenvalue weighted by Gasteiger charge is -1.98. The molecule has 2 aromatic rings. The highest BCUT2D eigenvalue weighted by molar-refractivity contribution is 7.09. The van der Waals surface area contributed by atoms with Gasteiger partial charge in [-0.2, -0.15) is 4.57 Å². The minimum atomic E-state index is 1.09. The molecule has 0 aliphatic rings. The van der Waals surface area contributed by atoms with Gasteiger partial charge >= 0.3 is 0 Å². The van der Waals surface area contributed by atoms with E-state index < -0.39 is 0 Å². The van der Waals surface area contributed by atoms with Crippen LogP contribution in [-0.2, 0) is 13.0 Å². The zero-order valence-corrected chi connectivity index (χ0v) is 10.1. The number of hydrogen-bond acceptors (Lipinski definition) is 1. The monoisotopic (exact) mass is 218 g/mol. The van der Waals surface area contributed by atoms with Crippen LogP contribution in [-0.4, -0.2) is 0 Å². The van der Waals surface area contributed by atoms with Gasteiger partial charge in [-0.05, 0) is 5.56 Å². The first-order chi connectivity index (χ1) is 7.27. The molecule has 0 N–H and O–H groups in total. The zero-order chi connectivity index (χ0) is 10.7. The molecule has 0 amide bonds. The number of nitrogens with zero attached hydrogens (tertiary/aromatic N) is 1. The number of rotatable bonds is 3. The fraction of sp³-hybridized carbons (Fsp3) is 0.308. The summed E-state index contributed by atoms with van der Waals surface area (Å²) in [5.41, 5.74) is 2.78. The minimum absolute atomic E-state index is 1.09. The van der Waals surface area contributed by atoms with Gasteiger partial charge < -0.3 is 0 Å². The molecule has 2 heteroatoms. The molecule has 0 aliphatic heterocycles. The Morgan fingerprint density at radius 2 is 1.87 bits per heavy atom. The summed E-state index contributed by atoms with van der Waals surface area (Å²) >= 11 is 1.83. The van der Waals surface area contributed by atoms with Gasteiger partial charge in [0.05, 0.1) is 5.38 Å². The highest BCUT2D eigenvalue weighted by Gasteiger charge is 2.12. The smallest absolute Gasteiger partial charge is 0.190 e. The van der Waals surface area contributed by atoms with Crippen molar-refractivity contribution in [3.8, 4) is 0 Å². The largest absolute Gasteiger partial charge is 0.234 e. The van der Waals surface area contributed by atoms with Crippen molar-refractivity contribution < 1.29 is 4.57 Å². The molecular weight excluding hydrogens is 202 g/mol. The highest BCUT2D eigenvalue weighted by atomic mass is 32.1. The van der Waals surface area contributed by atoms with Crippen molar-refractivity contribution >= 4 is 11.3 Å². The molecule has 0 aliphatic carbocycles. The van der Waals surface area contributed by atoms with Crippen molar-refractivity contribution in [2.24, 2.45) is 0 Å². The standard InChI is InChI=1S/C13H16NS/c1-11-10-15-12(2)14(11)9-8-13-6-4-3-5-7-13/h3-7,10H,8-9H2,1-2H3/q+1. The van der Waals surface area contributed by atoms with Gasteiger partial charge in [0.25, 0.3) is 0 Å². The van der Waals surface area contributed by atoms with E-state index in [4.69, 9.17) is 0 Å². The van der Waals surface area contributed by atoms with E-state index >= 15 is 0 Å². The predicted molar refractivity (Wildman–Crippen MR) is 64.1 cm³/mol. The van der Waals surface area contributed by atoms with Gasteiger partial charge in [0.2, 0.25) is 5.01 Å². The van der Waals surface area contributed by atoms with Gasteiger partial charge in [-0.25, -0.2) is 0 Å². The fourth-order valence-corrected chi connectivity index (χ4v) is 2.60. The summed E-state index contributed by atoms with van der Waals surface area (Å²) in [5.74, 6) is 0. The van der Waals surface area contributed by atoms with Crippen LogP contribution in [0, 0.1) is 13.8 Å². The van der Waals surface area contributed by atoms with Crippen LogP contribution >= 0.6 is 11.3 Å². The Morgan fingerprint density at radius 1 is 1.13 bits per heavy atom. The lowest BCUT2D eigenvalue weighted by atomic mass is 10.1. The maximum Gasteiger partial charge on any atom is 0.234 e. The quantitative estimate of drug-likeness (QED) is 0.697. The lowest BCUT2D eigenvalue weighted by molar-refractivity contribution is -0.703. The molecule has 1 aromatic heterocycles. The molecule has 0 saturated heterocycles. The second kappa shape index (κ2) is 4.58. The van der Waals surface area contributed by atoms with Gasteiger partial charge in [-0.1, -0.05) is 41.7 Å². The summed E-state index contributed by atoms with van der Waals surface area (Å²) in [4.78, 5) is 0. The summed E-state index contributed by atoms with van der Waals surface area (Å²) in [6.07, 6.45) is 1.12. The number of hydrogen-bond donors (Lipinski definition) is 0. The van der Waals surface area contributed by atoms with Crippen LogP contribution in [0.15, 0.2) is 35.7 Å². The average molecular weight is 218 g/mol. The minimum Gasteiger partial charge on any atom is -0.190 e. The third-order valence-electron chi connectivity index (χ3n) is 2.67. The molecule has 0 atom stereocenters. The van der Waals surface area contributed by atoms with Crippen LogP contribution in [0.3, 0.4) is 0 Å². The molecule has 0 radical (unpaired) electrons. The Morgan fingerprint density at radius 3 is 2.47 bits per heavy atom. The Kier molecular flexibility index (Phi) is 3.17. The number of benzene rings is 1. The van der Waals surface area contributed by atoms with Crippen LogP contribution in [0.1, 0.15) is 16.3 Å². The summed E-state index contributed by atoms with van der Waals surface area (Å²) < 4.78 is 2.39. The number of aryl methyl sites for hydroxylation is 3. The van der Waals surface area contributed by atoms with E-state index in [9.17, 15) is 0 Å². The molecule has 2 rings (SSSR count). The van der Waals surface area contributed by atoms with Crippen molar-refractivity contribution in [1.29, 1.82) is 0 Å². The van der Waals surface area contributed by atoms with Crippen molar-refractivity contribution in [2.45, 2.75) is 26.8 Å². The summed E-state index contributed by atoms with van der Waals surface area (Å²) in [6, 6.07) is 10.7. The van der Waals surface area contributed by atoms with Crippen LogP contribution in [0.2, 0.25) is 0 Å². The van der Waals surface area contributed by atoms with E-state index in [0.717, 1.165) is 13.0 Å². The fourth-order valence-electron chi connectivity index (χ4n) is 1.77. The first-order valence-electron chi connectivity index (χ1n) is 5.26. The van der Waals surface area contributed by atoms with Gasteiger partial charge in [-0.3, -0.25) is 0 Å². The first-order valence-corrected chi connectivity index (χ1v) is 6.14. The number of thiazole rings is 1. The maximum atomic E-state index is 2.39. The Labute approximate surface area is 95.0 Å². The van der Waals surface area contributed by atoms with Crippen LogP contribution in [0.5, 0.6) is 0 Å². The molecule has 0 saturated carbocycles. The summed E-state index contributed by atoms with van der Waals surface area (Å²) in [5, 5.41) is 3.61. The van der Waals surface area contributed by atoms with Gasteiger partial charge in [0.15, 0.2) is 12.2 Å². The second-order valence-corrected chi connectivity index (χ2v) is 4.85. The molecule has 0 bridgehead atoms. The molecule has 78 valence electrons. The Bertz CT molecular complexity index is 412. The summed E-state index contributed by atoms with van der Waals surface area (Å²) in [7, 11) is 0. The van der Waals surface area contributed by atoms with Crippen LogP contribution < -0.4 is 4.57 Å². The average Bonchev–Trinajstić information content (AvgIpc) is 2.58. The van der Waals surface area contributed by atoms with Gasteiger partial charge in [-0.15, -0.1) is 0 Å². The van der Waals surface area contributed by atoms with Crippen LogP contribution in [0.25, 0.3) is 0 Å².